The van der Waals surface area contributed by atoms with E-state index in [0.717, 1.165) is 24.5 Å². The summed E-state index contributed by atoms with van der Waals surface area (Å²) >= 11 is 0. The molecule has 1 aromatic rings. The van der Waals surface area contributed by atoms with E-state index in [0.29, 0.717) is 5.92 Å². The Kier molecular flexibility index (Phi) is 3.48. The van der Waals surface area contributed by atoms with Gasteiger partial charge >= 0.3 is 0 Å². The Balaban J connectivity index is 2.74. The molecule has 1 rings (SSSR count). The standard InChI is InChI=1S/C10H18N2O/c1-5-11-6-9-8(4)10(7(2)3)13-12-9/h7,11H,5-6H2,1-4H3. The minimum Gasteiger partial charge on any atom is -0.361 e. The molecule has 3 heteroatoms. The molecule has 0 saturated heterocycles. The Morgan fingerprint density at radius 3 is 2.62 bits per heavy atom. The van der Waals surface area contributed by atoms with Gasteiger partial charge in [-0.2, -0.15) is 0 Å². The van der Waals surface area contributed by atoms with Gasteiger partial charge in [-0.3, -0.25) is 0 Å². The van der Waals surface area contributed by atoms with Gasteiger partial charge in [-0.05, 0) is 13.5 Å². The van der Waals surface area contributed by atoms with E-state index in [1.54, 1.807) is 0 Å². The SMILES string of the molecule is CCNCc1noc(C(C)C)c1C. The van der Waals surface area contributed by atoms with Gasteiger partial charge in [0.1, 0.15) is 11.5 Å². The van der Waals surface area contributed by atoms with Crippen LogP contribution in [0.2, 0.25) is 0 Å². The van der Waals surface area contributed by atoms with Crippen molar-refractivity contribution in [1.29, 1.82) is 0 Å². The lowest BCUT2D eigenvalue weighted by molar-refractivity contribution is 0.363. The van der Waals surface area contributed by atoms with Crippen LogP contribution >= 0.6 is 0 Å². The maximum atomic E-state index is 5.26. The first-order valence-electron chi connectivity index (χ1n) is 4.82. The van der Waals surface area contributed by atoms with Gasteiger partial charge in [0, 0.05) is 18.0 Å². The Hall–Kier alpha value is -0.830. The molecule has 0 aliphatic rings. The minimum absolute atomic E-state index is 0.419. The smallest absolute Gasteiger partial charge is 0.142 e. The lowest BCUT2D eigenvalue weighted by Gasteiger charge is -2.00. The third-order valence-electron chi connectivity index (χ3n) is 2.12. The molecule has 0 atom stereocenters. The molecule has 0 aliphatic heterocycles. The van der Waals surface area contributed by atoms with E-state index in [4.69, 9.17) is 4.52 Å². The highest BCUT2D eigenvalue weighted by atomic mass is 16.5. The molecular formula is C10H18N2O. The lowest BCUT2D eigenvalue weighted by Crippen LogP contribution is -2.12. The van der Waals surface area contributed by atoms with Crippen molar-refractivity contribution in [2.75, 3.05) is 6.54 Å². The van der Waals surface area contributed by atoms with Crippen LogP contribution in [0.15, 0.2) is 4.52 Å². The molecule has 74 valence electrons. The summed E-state index contributed by atoms with van der Waals surface area (Å²) in [6.45, 7) is 10.1. The van der Waals surface area contributed by atoms with Crippen LogP contribution in [0.5, 0.6) is 0 Å². The first-order valence-corrected chi connectivity index (χ1v) is 4.82. The van der Waals surface area contributed by atoms with Gasteiger partial charge in [0.2, 0.25) is 0 Å². The fraction of sp³-hybridized carbons (Fsp3) is 0.700. The van der Waals surface area contributed by atoms with Crippen molar-refractivity contribution in [2.45, 2.75) is 40.2 Å². The molecule has 0 bridgehead atoms. The zero-order valence-corrected chi connectivity index (χ0v) is 8.85. The van der Waals surface area contributed by atoms with Crippen molar-refractivity contribution < 1.29 is 4.52 Å². The molecule has 1 N–H and O–H groups in total. The van der Waals surface area contributed by atoms with E-state index >= 15 is 0 Å². The van der Waals surface area contributed by atoms with E-state index in [1.165, 1.54) is 5.56 Å². The number of rotatable bonds is 4. The predicted molar refractivity (Wildman–Crippen MR) is 52.7 cm³/mol. The van der Waals surface area contributed by atoms with Gasteiger partial charge < -0.3 is 9.84 Å². The van der Waals surface area contributed by atoms with Crippen LogP contribution < -0.4 is 5.32 Å². The monoisotopic (exact) mass is 182 g/mol. The van der Waals surface area contributed by atoms with Gasteiger partial charge in [0.15, 0.2) is 0 Å². The zero-order chi connectivity index (χ0) is 9.84. The summed E-state index contributed by atoms with van der Waals surface area (Å²) in [4.78, 5) is 0. The number of nitrogens with zero attached hydrogens (tertiary/aromatic N) is 1. The molecule has 1 aromatic heterocycles. The molecule has 0 radical (unpaired) electrons. The van der Waals surface area contributed by atoms with Crippen molar-refractivity contribution in [3.8, 4) is 0 Å². The normalized spacial score (nSPS) is 11.2. The molecule has 13 heavy (non-hydrogen) atoms. The summed E-state index contributed by atoms with van der Waals surface area (Å²) in [5.74, 6) is 1.43. The maximum Gasteiger partial charge on any atom is 0.142 e. The highest BCUT2D eigenvalue weighted by Crippen LogP contribution is 2.21. The van der Waals surface area contributed by atoms with Crippen molar-refractivity contribution in [1.82, 2.24) is 10.5 Å². The molecule has 0 aliphatic carbocycles. The molecule has 0 unspecified atom stereocenters. The van der Waals surface area contributed by atoms with Gasteiger partial charge in [-0.25, -0.2) is 0 Å². The van der Waals surface area contributed by atoms with Crippen molar-refractivity contribution in [2.24, 2.45) is 0 Å². The highest BCUT2D eigenvalue weighted by molar-refractivity contribution is 5.23. The van der Waals surface area contributed by atoms with Gasteiger partial charge in [0.25, 0.3) is 0 Å². The second-order valence-corrected chi connectivity index (χ2v) is 3.55. The molecule has 0 amide bonds. The predicted octanol–water partition coefficient (Wildman–Crippen LogP) is 2.22. The summed E-state index contributed by atoms with van der Waals surface area (Å²) in [7, 11) is 0. The Morgan fingerprint density at radius 1 is 1.46 bits per heavy atom. The summed E-state index contributed by atoms with van der Waals surface area (Å²) in [5, 5.41) is 7.27. The summed E-state index contributed by atoms with van der Waals surface area (Å²) in [6, 6.07) is 0. The quantitative estimate of drug-likeness (QED) is 0.775. The van der Waals surface area contributed by atoms with Crippen LogP contribution in [-0.2, 0) is 6.54 Å². The highest BCUT2D eigenvalue weighted by Gasteiger charge is 2.13. The Bertz CT molecular complexity index is 266. The van der Waals surface area contributed by atoms with Gasteiger partial charge in [-0.1, -0.05) is 25.9 Å². The Labute approximate surface area is 79.5 Å². The van der Waals surface area contributed by atoms with Crippen LogP contribution in [0.25, 0.3) is 0 Å². The first kappa shape index (κ1) is 10.3. The van der Waals surface area contributed by atoms with Crippen LogP contribution in [0.1, 0.15) is 43.7 Å². The second-order valence-electron chi connectivity index (χ2n) is 3.55. The molecule has 0 spiro atoms. The molecule has 3 nitrogen and oxygen atoms in total. The van der Waals surface area contributed by atoms with E-state index in [-0.39, 0.29) is 0 Å². The third kappa shape index (κ3) is 2.31. The van der Waals surface area contributed by atoms with Crippen LogP contribution in [0.3, 0.4) is 0 Å². The minimum atomic E-state index is 0.419. The van der Waals surface area contributed by atoms with E-state index in [9.17, 15) is 0 Å². The first-order chi connectivity index (χ1) is 6.16. The van der Waals surface area contributed by atoms with Crippen molar-refractivity contribution in [3.05, 3.63) is 17.0 Å². The van der Waals surface area contributed by atoms with E-state index in [2.05, 4.69) is 38.2 Å². The third-order valence-corrected chi connectivity index (χ3v) is 2.12. The summed E-state index contributed by atoms with van der Waals surface area (Å²) in [5.41, 5.74) is 2.22. The van der Waals surface area contributed by atoms with Gasteiger partial charge in [-0.15, -0.1) is 0 Å². The number of nitrogens with one attached hydrogen (secondary N) is 1. The van der Waals surface area contributed by atoms with Crippen LogP contribution in [0.4, 0.5) is 0 Å². The molecule has 0 fully saturated rings. The number of aromatic nitrogens is 1. The number of hydrogen-bond acceptors (Lipinski definition) is 3. The van der Waals surface area contributed by atoms with Crippen molar-refractivity contribution in [3.63, 3.8) is 0 Å². The maximum absolute atomic E-state index is 5.26. The molecular weight excluding hydrogens is 164 g/mol. The lowest BCUT2D eigenvalue weighted by atomic mass is 10.1. The molecule has 1 heterocycles. The average molecular weight is 182 g/mol. The van der Waals surface area contributed by atoms with E-state index < -0.39 is 0 Å². The van der Waals surface area contributed by atoms with Crippen LogP contribution in [-0.4, -0.2) is 11.7 Å². The molecule has 0 saturated carbocycles. The summed E-state index contributed by atoms with van der Waals surface area (Å²) < 4.78 is 5.26. The van der Waals surface area contributed by atoms with Crippen LogP contribution in [0, 0.1) is 6.92 Å². The van der Waals surface area contributed by atoms with Crippen molar-refractivity contribution >= 4 is 0 Å². The fourth-order valence-electron chi connectivity index (χ4n) is 1.33. The van der Waals surface area contributed by atoms with E-state index in [1.807, 2.05) is 0 Å². The average Bonchev–Trinajstić information content (AvgIpc) is 2.43. The largest absolute Gasteiger partial charge is 0.361 e. The second kappa shape index (κ2) is 4.42. The fourth-order valence-corrected chi connectivity index (χ4v) is 1.33. The number of hydrogen-bond donors (Lipinski definition) is 1. The van der Waals surface area contributed by atoms with Gasteiger partial charge in [0.05, 0.1) is 0 Å². The Morgan fingerprint density at radius 2 is 2.15 bits per heavy atom. The summed E-state index contributed by atoms with van der Waals surface area (Å²) in [6.07, 6.45) is 0. The topological polar surface area (TPSA) is 38.1 Å². The zero-order valence-electron chi connectivity index (χ0n) is 8.85. The molecule has 0 aromatic carbocycles.